The fraction of sp³-hybridized carbons (Fsp3) is 0.316. The molecular weight excluding hydrogens is 293 g/mol. The van der Waals surface area contributed by atoms with E-state index < -0.39 is 11.9 Å². The summed E-state index contributed by atoms with van der Waals surface area (Å²) in [5.74, 6) is -0.378. The maximum atomic E-state index is 13.5. The molecule has 0 aromatic heterocycles. The van der Waals surface area contributed by atoms with Crippen molar-refractivity contribution in [2.45, 2.75) is 32.3 Å². The second kappa shape index (κ2) is 8.32. The Morgan fingerprint density at radius 1 is 1.13 bits per heavy atom. The van der Waals surface area contributed by atoms with Gasteiger partial charge < -0.3 is 10.1 Å². The van der Waals surface area contributed by atoms with Crippen LogP contribution in [0.3, 0.4) is 0 Å². The number of halogens is 1. The first kappa shape index (κ1) is 17.0. The summed E-state index contributed by atoms with van der Waals surface area (Å²) in [7, 11) is 0. The smallest absolute Gasteiger partial charge is 0.260 e. The summed E-state index contributed by atoms with van der Waals surface area (Å²) in [6.07, 6.45) is 0.174. The second-order valence-corrected chi connectivity index (χ2v) is 5.45. The summed E-state index contributed by atoms with van der Waals surface area (Å²) >= 11 is 0. The molecule has 0 unspecified atom stereocenters. The predicted molar refractivity (Wildman–Crippen MR) is 89.0 cm³/mol. The summed E-state index contributed by atoms with van der Waals surface area (Å²) in [5, 5.41) is 2.89. The first-order chi connectivity index (χ1) is 11.1. The molecule has 0 aliphatic heterocycles. The Hall–Kier alpha value is -2.36. The summed E-state index contributed by atoms with van der Waals surface area (Å²) < 4.78 is 18.9. The van der Waals surface area contributed by atoms with Crippen LogP contribution >= 0.6 is 0 Å². The van der Waals surface area contributed by atoms with Crippen LogP contribution in [0.1, 0.15) is 31.7 Å². The lowest BCUT2D eigenvalue weighted by atomic mass is 9.96. The summed E-state index contributed by atoms with van der Waals surface area (Å²) in [6.45, 7) is 4.23. The van der Waals surface area contributed by atoms with E-state index in [2.05, 4.69) is 24.4 Å². The average Bonchev–Trinajstić information content (AvgIpc) is 2.58. The van der Waals surface area contributed by atoms with Crippen LogP contribution in [0.2, 0.25) is 0 Å². The Bertz CT molecular complexity index is 630. The lowest BCUT2D eigenvalue weighted by Gasteiger charge is -2.19. The van der Waals surface area contributed by atoms with Gasteiger partial charge in [0.15, 0.2) is 17.7 Å². The zero-order chi connectivity index (χ0) is 16.7. The van der Waals surface area contributed by atoms with Gasteiger partial charge in [0.25, 0.3) is 5.91 Å². The van der Waals surface area contributed by atoms with E-state index in [9.17, 15) is 9.18 Å². The van der Waals surface area contributed by atoms with Gasteiger partial charge >= 0.3 is 0 Å². The van der Waals surface area contributed by atoms with Crippen LogP contribution < -0.4 is 10.1 Å². The molecule has 0 saturated heterocycles. The molecule has 122 valence electrons. The highest BCUT2D eigenvalue weighted by Gasteiger charge is 2.18. The molecular formula is C19H22FNO2. The van der Waals surface area contributed by atoms with Gasteiger partial charge in [0.05, 0.1) is 0 Å². The fourth-order valence-corrected chi connectivity index (χ4v) is 2.37. The van der Waals surface area contributed by atoms with E-state index in [1.165, 1.54) is 17.7 Å². The number of amides is 1. The van der Waals surface area contributed by atoms with Crippen molar-refractivity contribution in [1.82, 2.24) is 5.32 Å². The highest BCUT2D eigenvalue weighted by Crippen LogP contribution is 2.19. The molecule has 23 heavy (non-hydrogen) atoms. The lowest BCUT2D eigenvalue weighted by molar-refractivity contribution is -0.127. The van der Waals surface area contributed by atoms with E-state index in [-0.39, 0.29) is 17.6 Å². The Morgan fingerprint density at radius 2 is 1.78 bits per heavy atom. The molecule has 0 fully saturated rings. The molecule has 2 aromatic carbocycles. The molecule has 0 radical (unpaired) electrons. The van der Waals surface area contributed by atoms with Crippen molar-refractivity contribution in [1.29, 1.82) is 0 Å². The minimum absolute atomic E-state index is 0.0882. The first-order valence-electron chi connectivity index (χ1n) is 7.85. The summed E-state index contributed by atoms with van der Waals surface area (Å²) in [5.41, 5.74) is 1.19. The van der Waals surface area contributed by atoms with Gasteiger partial charge in [-0.3, -0.25) is 4.79 Å². The van der Waals surface area contributed by atoms with Crippen LogP contribution in [0.15, 0.2) is 54.6 Å². The summed E-state index contributed by atoms with van der Waals surface area (Å²) in [6, 6.07) is 16.1. The SMILES string of the molecule is CC[C@H](CNC(=O)[C@H](C)Oc1ccccc1F)c1ccccc1. The van der Waals surface area contributed by atoms with E-state index in [0.29, 0.717) is 6.54 Å². The van der Waals surface area contributed by atoms with Gasteiger partial charge in [0.1, 0.15) is 0 Å². The van der Waals surface area contributed by atoms with E-state index in [1.54, 1.807) is 19.1 Å². The molecule has 0 aliphatic rings. The Labute approximate surface area is 136 Å². The third-order valence-corrected chi connectivity index (χ3v) is 3.80. The molecule has 0 heterocycles. The number of nitrogens with one attached hydrogen (secondary N) is 1. The first-order valence-corrected chi connectivity index (χ1v) is 7.85. The van der Waals surface area contributed by atoms with Crippen LogP contribution in [0.4, 0.5) is 4.39 Å². The normalized spacial score (nSPS) is 13.2. The molecule has 2 atom stereocenters. The number of rotatable bonds is 7. The molecule has 2 rings (SSSR count). The van der Waals surface area contributed by atoms with Crippen LogP contribution in [-0.4, -0.2) is 18.6 Å². The Morgan fingerprint density at radius 3 is 2.43 bits per heavy atom. The molecule has 4 heteroatoms. The van der Waals surface area contributed by atoms with Gasteiger partial charge in [-0.05, 0) is 31.0 Å². The molecule has 3 nitrogen and oxygen atoms in total. The van der Waals surface area contributed by atoms with Crippen LogP contribution in [0, 0.1) is 5.82 Å². The minimum Gasteiger partial charge on any atom is -0.478 e. The van der Waals surface area contributed by atoms with Crippen molar-refractivity contribution in [3.8, 4) is 5.75 Å². The third-order valence-electron chi connectivity index (χ3n) is 3.80. The average molecular weight is 315 g/mol. The Kier molecular flexibility index (Phi) is 6.15. The molecule has 0 spiro atoms. The zero-order valence-corrected chi connectivity index (χ0v) is 13.5. The quantitative estimate of drug-likeness (QED) is 0.841. The molecule has 2 aromatic rings. The highest BCUT2D eigenvalue weighted by molar-refractivity contribution is 5.80. The molecule has 0 bridgehead atoms. The van der Waals surface area contributed by atoms with E-state index in [0.717, 1.165) is 6.42 Å². The van der Waals surface area contributed by atoms with Crippen LogP contribution in [0.25, 0.3) is 0 Å². The molecule has 1 amide bonds. The van der Waals surface area contributed by atoms with E-state index in [1.807, 2.05) is 18.2 Å². The molecule has 1 N–H and O–H groups in total. The van der Waals surface area contributed by atoms with Crippen molar-refractivity contribution < 1.29 is 13.9 Å². The highest BCUT2D eigenvalue weighted by atomic mass is 19.1. The predicted octanol–water partition coefficient (Wildman–Crippen LogP) is 3.90. The molecule has 0 saturated carbocycles. The van der Waals surface area contributed by atoms with Gasteiger partial charge in [0, 0.05) is 12.5 Å². The number of carbonyl (C=O) groups excluding carboxylic acids is 1. The van der Waals surface area contributed by atoms with Gasteiger partial charge in [-0.2, -0.15) is 0 Å². The maximum absolute atomic E-state index is 13.5. The number of hydrogen-bond donors (Lipinski definition) is 1. The van der Waals surface area contributed by atoms with Crippen molar-refractivity contribution in [3.05, 3.63) is 66.0 Å². The van der Waals surface area contributed by atoms with Gasteiger partial charge in [-0.25, -0.2) is 4.39 Å². The van der Waals surface area contributed by atoms with Crippen LogP contribution in [-0.2, 0) is 4.79 Å². The monoisotopic (exact) mass is 315 g/mol. The van der Waals surface area contributed by atoms with Gasteiger partial charge in [0.2, 0.25) is 0 Å². The third kappa shape index (κ3) is 4.81. The van der Waals surface area contributed by atoms with Gasteiger partial charge in [-0.1, -0.05) is 49.4 Å². The number of benzene rings is 2. The van der Waals surface area contributed by atoms with Crippen molar-refractivity contribution in [3.63, 3.8) is 0 Å². The standard InChI is InChI=1S/C19H22FNO2/c1-3-15(16-9-5-4-6-10-16)13-21-19(22)14(2)23-18-12-8-7-11-17(18)20/h4-12,14-15H,3,13H2,1-2H3,(H,21,22)/t14-,15+/m0/s1. The van der Waals surface area contributed by atoms with E-state index >= 15 is 0 Å². The number of carbonyl (C=O) groups is 1. The van der Waals surface area contributed by atoms with Crippen molar-refractivity contribution in [2.24, 2.45) is 0 Å². The topological polar surface area (TPSA) is 38.3 Å². The van der Waals surface area contributed by atoms with Gasteiger partial charge in [-0.15, -0.1) is 0 Å². The van der Waals surface area contributed by atoms with Crippen LogP contribution in [0.5, 0.6) is 5.75 Å². The minimum atomic E-state index is -0.750. The van der Waals surface area contributed by atoms with Crippen molar-refractivity contribution >= 4 is 5.91 Å². The lowest BCUT2D eigenvalue weighted by Crippen LogP contribution is -2.38. The van der Waals surface area contributed by atoms with Crippen molar-refractivity contribution in [2.75, 3.05) is 6.54 Å². The Balaban J connectivity index is 1.89. The number of para-hydroxylation sites is 1. The number of hydrogen-bond acceptors (Lipinski definition) is 2. The van der Waals surface area contributed by atoms with E-state index in [4.69, 9.17) is 4.74 Å². The molecule has 0 aliphatic carbocycles. The summed E-state index contributed by atoms with van der Waals surface area (Å²) in [4.78, 5) is 12.2. The number of ether oxygens (including phenoxy) is 1. The largest absolute Gasteiger partial charge is 0.478 e. The maximum Gasteiger partial charge on any atom is 0.260 e. The zero-order valence-electron chi connectivity index (χ0n) is 13.5. The fourth-order valence-electron chi connectivity index (χ4n) is 2.37. The second-order valence-electron chi connectivity index (χ2n) is 5.45.